The van der Waals surface area contributed by atoms with E-state index in [1.54, 1.807) is 29.1 Å². The summed E-state index contributed by atoms with van der Waals surface area (Å²) in [5.74, 6) is -1.20. The SMILES string of the molecule is Cc1c(Cl)cccc1N(CC(=O)NCc1cccc(C(=O)O)c1)Sc1cnn(C)c1. The molecule has 0 saturated heterocycles. The fourth-order valence-corrected chi connectivity index (χ4v) is 4.00. The maximum absolute atomic E-state index is 12.7. The molecule has 0 saturated carbocycles. The molecule has 1 heterocycles. The van der Waals surface area contributed by atoms with Gasteiger partial charge in [-0.2, -0.15) is 5.10 Å². The number of aryl methyl sites for hydroxylation is 1. The highest BCUT2D eigenvalue weighted by atomic mass is 35.5. The van der Waals surface area contributed by atoms with Gasteiger partial charge in [-0.05, 0) is 54.3 Å². The molecule has 3 rings (SSSR count). The lowest BCUT2D eigenvalue weighted by Gasteiger charge is -2.24. The fraction of sp³-hybridized carbons (Fsp3) is 0.190. The second kappa shape index (κ2) is 9.69. The van der Waals surface area contributed by atoms with Gasteiger partial charge in [-0.3, -0.25) is 9.48 Å². The van der Waals surface area contributed by atoms with Crippen molar-refractivity contribution in [2.75, 3.05) is 10.8 Å². The highest BCUT2D eigenvalue weighted by Crippen LogP contribution is 2.33. The lowest BCUT2D eigenvalue weighted by Crippen LogP contribution is -2.34. The zero-order valence-electron chi connectivity index (χ0n) is 16.5. The van der Waals surface area contributed by atoms with Gasteiger partial charge in [-0.1, -0.05) is 29.8 Å². The quantitative estimate of drug-likeness (QED) is 0.512. The Morgan fingerprint density at radius 3 is 2.73 bits per heavy atom. The van der Waals surface area contributed by atoms with E-state index in [-0.39, 0.29) is 24.6 Å². The molecule has 0 radical (unpaired) electrons. The lowest BCUT2D eigenvalue weighted by molar-refractivity contribution is -0.119. The first-order valence-electron chi connectivity index (χ1n) is 9.11. The van der Waals surface area contributed by atoms with E-state index >= 15 is 0 Å². The molecule has 1 aromatic heterocycles. The van der Waals surface area contributed by atoms with Gasteiger partial charge in [0, 0.05) is 24.8 Å². The summed E-state index contributed by atoms with van der Waals surface area (Å²) in [5, 5.41) is 16.8. The number of hydrogen-bond donors (Lipinski definition) is 2. The number of carbonyl (C=O) groups excluding carboxylic acids is 1. The Hall–Kier alpha value is -2.97. The van der Waals surface area contributed by atoms with Gasteiger partial charge >= 0.3 is 5.97 Å². The van der Waals surface area contributed by atoms with Gasteiger partial charge in [-0.15, -0.1) is 0 Å². The number of hydrogen-bond acceptors (Lipinski definition) is 5. The number of nitrogens with one attached hydrogen (secondary N) is 1. The van der Waals surface area contributed by atoms with Crippen LogP contribution in [0.1, 0.15) is 21.5 Å². The normalized spacial score (nSPS) is 10.6. The number of rotatable bonds is 8. The van der Waals surface area contributed by atoms with Gasteiger partial charge in [0.05, 0.1) is 22.3 Å². The molecule has 2 aromatic carbocycles. The summed E-state index contributed by atoms with van der Waals surface area (Å²) in [6, 6.07) is 12.1. The number of amides is 1. The second-order valence-electron chi connectivity index (χ2n) is 6.64. The Morgan fingerprint density at radius 1 is 1.27 bits per heavy atom. The molecule has 0 spiro atoms. The lowest BCUT2D eigenvalue weighted by atomic mass is 10.1. The first kappa shape index (κ1) is 21.7. The Balaban J connectivity index is 1.73. The largest absolute Gasteiger partial charge is 0.478 e. The van der Waals surface area contributed by atoms with Crippen LogP contribution in [0.2, 0.25) is 5.02 Å². The molecule has 2 N–H and O–H groups in total. The van der Waals surface area contributed by atoms with Gasteiger partial charge in [0.25, 0.3) is 0 Å². The number of nitrogens with zero attached hydrogens (tertiary/aromatic N) is 3. The zero-order valence-corrected chi connectivity index (χ0v) is 18.1. The molecule has 0 bridgehead atoms. The second-order valence-corrected chi connectivity index (χ2v) is 8.15. The summed E-state index contributed by atoms with van der Waals surface area (Å²) in [5.41, 5.74) is 2.61. The predicted octanol–water partition coefficient (Wildman–Crippen LogP) is 3.91. The van der Waals surface area contributed by atoms with Crippen molar-refractivity contribution in [3.63, 3.8) is 0 Å². The summed E-state index contributed by atoms with van der Waals surface area (Å²) < 4.78 is 3.56. The van der Waals surface area contributed by atoms with Crippen molar-refractivity contribution in [3.8, 4) is 0 Å². The number of benzene rings is 2. The smallest absolute Gasteiger partial charge is 0.335 e. The number of aromatic carboxylic acids is 1. The summed E-state index contributed by atoms with van der Waals surface area (Å²) in [6.07, 6.45) is 3.60. The summed E-state index contributed by atoms with van der Waals surface area (Å²) in [7, 11) is 1.83. The van der Waals surface area contributed by atoms with E-state index in [2.05, 4.69) is 10.4 Å². The Bertz CT molecular complexity index is 1070. The zero-order chi connectivity index (χ0) is 21.7. The topological polar surface area (TPSA) is 87.5 Å². The molecular weight excluding hydrogens is 424 g/mol. The molecule has 0 aliphatic rings. The van der Waals surface area contributed by atoms with Crippen LogP contribution < -0.4 is 9.62 Å². The number of carboxylic acid groups (broad SMARTS) is 1. The van der Waals surface area contributed by atoms with E-state index in [9.17, 15) is 9.59 Å². The minimum atomic E-state index is -1.00. The average molecular weight is 445 g/mol. The van der Waals surface area contributed by atoms with E-state index in [1.807, 2.05) is 42.7 Å². The summed E-state index contributed by atoms with van der Waals surface area (Å²) >= 11 is 7.68. The Labute approximate surface area is 183 Å². The Morgan fingerprint density at radius 2 is 2.03 bits per heavy atom. The third-order valence-electron chi connectivity index (χ3n) is 4.36. The van der Waals surface area contributed by atoms with Crippen LogP contribution in [-0.4, -0.2) is 33.3 Å². The molecule has 0 aliphatic heterocycles. The van der Waals surface area contributed by atoms with Gasteiger partial charge < -0.3 is 14.7 Å². The number of carboxylic acids is 1. The standard InChI is InChI=1S/C21H21ClN4O3S/c1-14-18(22)7-4-8-19(14)26(30-17-11-24-25(2)12-17)13-20(27)23-10-15-5-3-6-16(9-15)21(28)29/h3-9,11-12H,10,13H2,1-2H3,(H,23,27)(H,28,29). The van der Waals surface area contributed by atoms with Crippen LogP contribution in [0, 0.1) is 6.92 Å². The molecule has 3 aromatic rings. The minimum absolute atomic E-state index is 0.0827. The van der Waals surface area contributed by atoms with E-state index in [4.69, 9.17) is 16.7 Å². The predicted molar refractivity (Wildman–Crippen MR) is 118 cm³/mol. The Kier molecular flexibility index (Phi) is 7.02. The van der Waals surface area contributed by atoms with E-state index in [0.717, 1.165) is 16.1 Å². The van der Waals surface area contributed by atoms with Crippen molar-refractivity contribution in [2.45, 2.75) is 18.4 Å². The van der Waals surface area contributed by atoms with Gasteiger partial charge in [0.1, 0.15) is 6.54 Å². The van der Waals surface area contributed by atoms with Crippen LogP contribution >= 0.6 is 23.5 Å². The third kappa shape index (κ3) is 5.55. The first-order valence-corrected chi connectivity index (χ1v) is 10.3. The van der Waals surface area contributed by atoms with Crippen molar-refractivity contribution in [1.29, 1.82) is 0 Å². The maximum Gasteiger partial charge on any atom is 0.335 e. The van der Waals surface area contributed by atoms with Crippen molar-refractivity contribution in [2.24, 2.45) is 7.05 Å². The van der Waals surface area contributed by atoms with E-state index in [0.29, 0.717) is 10.6 Å². The number of anilines is 1. The van der Waals surface area contributed by atoms with Crippen LogP contribution in [0.4, 0.5) is 5.69 Å². The number of aromatic nitrogens is 2. The summed E-state index contributed by atoms with van der Waals surface area (Å²) in [4.78, 5) is 24.7. The minimum Gasteiger partial charge on any atom is -0.478 e. The van der Waals surface area contributed by atoms with Crippen LogP contribution in [0.15, 0.2) is 59.8 Å². The molecule has 156 valence electrons. The van der Waals surface area contributed by atoms with Crippen LogP contribution in [0.25, 0.3) is 0 Å². The molecule has 30 heavy (non-hydrogen) atoms. The van der Waals surface area contributed by atoms with Gasteiger partial charge in [0.15, 0.2) is 0 Å². The molecular formula is C21H21ClN4O3S. The molecule has 7 nitrogen and oxygen atoms in total. The van der Waals surface area contributed by atoms with Crippen LogP contribution in [-0.2, 0) is 18.4 Å². The molecule has 0 unspecified atom stereocenters. The number of carbonyl (C=O) groups is 2. The fourth-order valence-electron chi connectivity index (χ4n) is 2.81. The van der Waals surface area contributed by atoms with Crippen molar-refractivity contribution >= 4 is 41.1 Å². The molecule has 0 atom stereocenters. The number of halogens is 1. The van der Waals surface area contributed by atoms with E-state index < -0.39 is 5.97 Å². The summed E-state index contributed by atoms with van der Waals surface area (Å²) in [6.45, 7) is 2.23. The highest BCUT2D eigenvalue weighted by Gasteiger charge is 2.17. The molecule has 0 aliphatic carbocycles. The average Bonchev–Trinajstić information content (AvgIpc) is 3.13. The monoisotopic (exact) mass is 444 g/mol. The highest BCUT2D eigenvalue weighted by molar-refractivity contribution is 8.00. The van der Waals surface area contributed by atoms with Crippen LogP contribution in [0.3, 0.4) is 0 Å². The molecule has 9 heteroatoms. The maximum atomic E-state index is 12.7. The van der Waals surface area contributed by atoms with Gasteiger partial charge in [0.2, 0.25) is 5.91 Å². The first-order chi connectivity index (χ1) is 14.3. The van der Waals surface area contributed by atoms with Crippen LogP contribution in [0.5, 0.6) is 0 Å². The molecule has 1 amide bonds. The van der Waals surface area contributed by atoms with Crippen molar-refractivity contribution in [3.05, 3.63) is 76.6 Å². The third-order valence-corrected chi connectivity index (χ3v) is 5.73. The van der Waals surface area contributed by atoms with Gasteiger partial charge in [-0.25, -0.2) is 4.79 Å². The molecule has 0 fully saturated rings. The van der Waals surface area contributed by atoms with Crippen molar-refractivity contribution < 1.29 is 14.7 Å². The van der Waals surface area contributed by atoms with Crippen molar-refractivity contribution in [1.82, 2.24) is 15.1 Å². The van der Waals surface area contributed by atoms with E-state index in [1.165, 1.54) is 18.0 Å².